The molecule has 1 N–H and O–H groups in total. The molecule has 0 radical (unpaired) electrons. The van der Waals surface area contributed by atoms with Gasteiger partial charge < -0.3 is 10.1 Å². The molecule has 27 heavy (non-hydrogen) atoms. The Balaban J connectivity index is 2.01. The molecule has 1 aliphatic heterocycles. The number of hydrogen-bond donors (Lipinski definition) is 1. The van der Waals surface area contributed by atoms with E-state index >= 15 is 0 Å². The maximum Gasteiger partial charge on any atom is 0.418 e. The van der Waals surface area contributed by atoms with Crippen LogP contribution in [0.2, 0.25) is 5.02 Å². The highest BCUT2D eigenvalue weighted by Gasteiger charge is 2.35. The van der Waals surface area contributed by atoms with E-state index in [1.165, 1.54) is 0 Å². The van der Waals surface area contributed by atoms with Gasteiger partial charge in [-0.05, 0) is 25.1 Å². The Bertz CT molecular complexity index is 781. The van der Waals surface area contributed by atoms with Crippen molar-refractivity contribution >= 4 is 41.0 Å². The maximum absolute atomic E-state index is 13.0. The SMILES string of the molecule is CC(OC(=O)CN1C(=O)CCC1=O)C(=O)Nc1ccc(Cl)cc1C(F)(F)F. The van der Waals surface area contributed by atoms with Gasteiger partial charge in [-0.2, -0.15) is 13.2 Å². The number of halogens is 4. The van der Waals surface area contributed by atoms with Crippen molar-refractivity contribution in [3.8, 4) is 0 Å². The summed E-state index contributed by atoms with van der Waals surface area (Å²) in [6, 6.07) is 2.78. The molecule has 146 valence electrons. The largest absolute Gasteiger partial charge is 0.451 e. The second-order valence-corrected chi connectivity index (χ2v) is 6.12. The van der Waals surface area contributed by atoms with Gasteiger partial charge in [0.1, 0.15) is 6.54 Å². The molecular formula is C16H14ClF3N2O5. The van der Waals surface area contributed by atoms with Gasteiger partial charge in [-0.25, -0.2) is 0 Å². The van der Waals surface area contributed by atoms with E-state index in [0.717, 1.165) is 19.1 Å². The second kappa shape index (κ2) is 7.95. The molecular weight excluding hydrogens is 393 g/mol. The number of carbonyl (C=O) groups excluding carboxylic acids is 4. The number of esters is 1. The molecule has 1 unspecified atom stereocenters. The zero-order valence-electron chi connectivity index (χ0n) is 13.9. The smallest absolute Gasteiger partial charge is 0.418 e. The third-order valence-corrected chi connectivity index (χ3v) is 3.90. The Hall–Kier alpha value is -2.62. The molecule has 1 aliphatic rings. The number of carbonyl (C=O) groups is 4. The van der Waals surface area contributed by atoms with Gasteiger partial charge in [0, 0.05) is 17.9 Å². The van der Waals surface area contributed by atoms with Gasteiger partial charge in [-0.1, -0.05) is 11.6 Å². The van der Waals surface area contributed by atoms with Crippen molar-refractivity contribution in [2.75, 3.05) is 11.9 Å². The summed E-state index contributed by atoms with van der Waals surface area (Å²) in [5.74, 6) is -3.13. The van der Waals surface area contributed by atoms with Crippen molar-refractivity contribution in [2.24, 2.45) is 0 Å². The summed E-state index contributed by atoms with van der Waals surface area (Å²) >= 11 is 5.55. The van der Waals surface area contributed by atoms with Gasteiger partial charge in [0.15, 0.2) is 6.10 Å². The Morgan fingerprint density at radius 1 is 1.26 bits per heavy atom. The highest BCUT2D eigenvalue weighted by Crippen LogP contribution is 2.36. The predicted octanol–water partition coefficient (Wildman–Crippen LogP) is 2.38. The minimum absolute atomic E-state index is 0.0149. The number of nitrogens with zero attached hydrogens (tertiary/aromatic N) is 1. The first kappa shape index (κ1) is 20.7. The van der Waals surface area contributed by atoms with Crippen LogP contribution in [0.5, 0.6) is 0 Å². The minimum atomic E-state index is -4.76. The number of likely N-dealkylation sites (tertiary alicyclic amines) is 1. The molecule has 0 bridgehead atoms. The third kappa shape index (κ3) is 5.19. The number of amides is 3. The summed E-state index contributed by atoms with van der Waals surface area (Å²) in [5.41, 5.74) is -1.71. The third-order valence-electron chi connectivity index (χ3n) is 3.66. The van der Waals surface area contributed by atoms with E-state index in [2.05, 4.69) is 0 Å². The first-order chi connectivity index (χ1) is 12.5. The zero-order valence-corrected chi connectivity index (χ0v) is 14.7. The number of nitrogens with one attached hydrogen (secondary N) is 1. The Labute approximate surface area is 156 Å². The normalized spacial score (nSPS) is 15.7. The molecule has 0 aliphatic carbocycles. The monoisotopic (exact) mass is 406 g/mol. The molecule has 1 atom stereocenters. The fourth-order valence-electron chi connectivity index (χ4n) is 2.31. The number of imide groups is 1. The van der Waals surface area contributed by atoms with Crippen molar-refractivity contribution in [1.29, 1.82) is 0 Å². The topological polar surface area (TPSA) is 92.8 Å². The fraction of sp³-hybridized carbons (Fsp3) is 0.375. The van der Waals surface area contributed by atoms with Gasteiger partial charge in [0.2, 0.25) is 11.8 Å². The van der Waals surface area contributed by atoms with Crippen molar-refractivity contribution in [3.63, 3.8) is 0 Å². The summed E-state index contributed by atoms with van der Waals surface area (Å²) in [6.45, 7) is 0.480. The van der Waals surface area contributed by atoms with Crippen LogP contribution in [0.15, 0.2) is 18.2 Å². The van der Waals surface area contributed by atoms with E-state index in [0.29, 0.717) is 11.0 Å². The van der Waals surface area contributed by atoms with Crippen LogP contribution >= 0.6 is 11.6 Å². The van der Waals surface area contributed by atoms with Gasteiger partial charge >= 0.3 is 12.1 Å². The van der Waals surface area contributed by atoms with E-state index < -0.39 is 53.8 Å². The van der Waals surface area contributed by atoms with Crippen LogP contribution in [0.1, 0.15) is 25.3 Å². The van der Waals surface area contributed by atoms with Crippen LogP contribution in [-0.2, 0) is 30.1 Å². The van der Waals surface area contributed by atoms with E-state index in [1.54, 1.807) is 0 Å². The minimum Gasteiger partial charge on any atom is -0.451 e. The van der Waals surface area contributed by atoms with Gasteiger partial charge in [-0.3, -0.25) is 24.1 Å². The summed E-state index contributed by atoms with van der Waals surface area (Å²) in [4.78, 5) is 47.4. The highest BCUT2D eigenvalue weighted by atomic mass is 35.5. The van der Waals surface area contributed by atoms with Gasteiger partial charge in [0.25, 0.3) is 5.91 Å². The molecule has 1 aromatic rings. The van der Waals surface area contributed by atoms with E-state index in [-0.39, 0.29) is 17.9 Å². The lowest BCUT2D eigenvalue weighted by Gasteiger charge is -2.18. The molecule has 11 heteroatoms. The lowest BCUT2D eigenvalue weighted by atomic mass is 10.1. The molecule has 1 fully saturated rings. The van der Waals surface area contributed by atoms with E-state index in [1.807, 2.05) is 5.32 Å². The number of rotatable bonds is 5. The van der Waals surface area contributed by atoms with Gasteiger partial charge in [0.05, 0.1) is 11.3 Å². The second-order valence-electron chi connectivity index (χ2n) is 5.68. The number of benzene rings is 1. The van der Waals surface area contributed by atoms with Crippen molar-refractivity contribution in [1.82, 2.24) is 4.90 Å². The number of ether oxygens (including phenoxy) is 1. The predicted molar refractivity (Wildman–Crippen MR) is 86.6 cm³/mol. The lowest BCUT2D eigenvalue weighted by molar-refractivity contribution is -0.158. The number of alkyl halides is 3. The van der Waals surface area contributed by atoms with Gasteiger partial charge in [-0.15, -0.1) is 0 Å². The van der Waals surface area contributed by atoms with Crippen molar-refractivity contribution in [2.45, 2.75) is 32.0 Å². The van der Waals surface area contributed by atoms with E-state index in [9.17, 15) is 32.3 Å². The Morgan fingerprint density at radius 2 is 1.85 bits per heavy atom. The van der Waals surface area contributed by atoms with Crippen LogP contribution < -0.4 is 5.32 Å². The quantitative estimate of drug-likeness (QED) is 0.598. The number of anilines is 1. The Kier molecular flexibility index (Phi) is 6.09. The highest BCUT2D eigenvalue weighted by molar-refractivity contribution is 6.30. The fourth-order valence-corrected chi connectivity index (χ4v) is 2.48. The van der Waals surface area contributed by atoms with Crippen LogP contribution in [0.25, 0.3) is 0 Å². The summed E-state index contributed by atoms with van der Waals surface area (Å²) in [5, 5.41) is 1.85. The molecule has 0 saturated carbocycles. The van der Waals surface area contributed by atoms with Crippen molar-refractivity contribution in [3.05, 3.63) is 28.8 Å². The maximum atomic E-state index is 13.0. The first-order valence-corrected chi connectivity index (χ1v) is 8.07. The molecule has 1 aromatic carbocycles. The van der Waals surface area contributed by atoms with Crippen LogP contribution in [0.3, 0.4) is 0 Å². The first-order valence-electron chi connectivity index (χ1n) is 7.69. The average Bonchev–Trinajstić information content (AvgIpc) is 2.87. The molecule has 2 rings (SSSR count). The standard InChI is InChI=1S/C16H14ClF3N2O5/c1-8(27-14(25)7-22-12(23)4-5-13(22)24)15(26)21-11-3-2-9(17)6-10(11)16(18,19)20/h2-3,6,8H,4-5,7H2,1H3,(H,21,26). The lowest BCUT2D eigenvalue weighted by Crippen LogP contribution is -2.38. The van der Waals surface area contributed by atoms with E-state index in [4.69, 9.17) is 16.3 Å². The number of hydrogen-bond acceptors (Lipinski definition) is 5. The molecule has 0 aromatic heterocycles. The Morgan fingerprint density at radius 3 is 2.41 bits per heavy atom. The van der Waals surface area contributed by atoms with Crippen LogP contribution in [0.4, 0.5) is 18.9 Å². The molecule has 1 saturated heterocycles. The van der Waals surface area contributed by atoms with Crippen LogP contribution in [0, 0.1) is 0 Å². The molecule has 7 nitrogen and oxygen atoms in total. The molecule has 3 amide bonds. The zero-order chi connectivity index (χ0) is 20.4. The summed E-state index contributed by atoms with van der Waals surface area (Å²) < 4.78 is 43.9. The van der Waals surface area contributed by atoms with Crippen molar-refractivity contribution < 1.29 is 37.1 Å². The summed E-state index contributed by atoms with van der Waals surface area (Å²) in [7, 11) is 0. The molecule has 0 spiro atoms. The average molecular weight is 407 g/mol. The summed E-state index contributed by atoms with van der Waals surface area (Å²) in [6.07, 6.45) is -6.25. The molecule has 1 heterocycles. The van der Waals surface area contributed by atoms with Crippen LogP contribution in [-0.4, -0.2) is 41.2 Å².